The molecule has 1 N–H and O–H groups in total. The molecule has 0 aliphatic heterocycles. The number of carboxylic acid groups (broad SMARTS) is 1. The van der Waals surface area contributed by atoms with Gasteiger partial charge in [-0.05, 0) is 17.8 Å². The van der Waals surface area contributed by atoms with Gasteiger partial charge in [0.25, 0.3) is 0 Å². The van der Waals surface area contributed by atoms with E-state index in [0.717, 1.165) is 4.90 Å². The molecule has 10 heavy (non-hydrogen) atoms. The van der Waals surface area contributed by atoms with E-state index in [9.17, 15) is 4.79 Å². The first-order valence-corrected chi connectivity index (χ1v) is 4.53. The topological polar surface area (TPSA) is 50.2 Å². The van der Waals surface area contributed by atoms with E-state index in [4.69, 9.17) is 5.11 Å². The maximum Gasteiger partial charge on any atom is 0.356 e. The van der Waals surface area contributed by atoms with Crippen LogP contribution in [0.15, 0.2) is 10.3 Å². The van der Waals surface area contributed by atoms with E-state index in [0.29, 0.717) is 0 Å². The first-order chi connectivity index (χ1) is 4.75. The van der Waals surface area contributed by atoms with E-state index in [1.54, 1.807) is 5.38 Å². The molecular formula is C5H5NO2S2. The lowest BCUT2D eigenvalue weighted by molar-refractivity contribution is 0.0688. The molecule has 0 aliphatic carbocycles. The van der Waals surface area contributed by atoms with E-state index in [1.807, 2.05) is 6.26 Å². The maximum atomic E-state index is 10.4. The van der Waals surface area contributed by atoms with Gasteiger partial charge in [0.2, 0.25) is 0 Å². The van der Waals surface area contributed by atoms with Gasteiger partial charge in [0.1, 0.15) is 0 Å². The molecule has 0 spiro atoms. The van der Waals surface area contributed by atoms with Gasteiger partial charge in [-0.3, -0.25) is 0 Å². The van der Waals surface area contributed by atoms with Crippen LogP contribution in [-0.4, -0.2) is 21.7 Å². The molecule has 0 radical (unpaired) electrons. The van der Waals surface area contributed by atoms with E-state index in [-0.39, 0.29) is 5.69 Å². The Morgan fingerprint density at radius 3 is 3.00 bits per heavy atom. The number of thioether (sulfide) groups is 1. The molecule has 5 heteroatoms. The summed E-state index contributed by atoms with van der Waals surface area (Å²) >= 11 is 2.56. The van der Waals surface area contributed by atoms with Crippen LogP contribution in [0.5, 0.6) is 0 Å². The molecule has 3 nitrogen and oxygen atoms in total. The Hall–Kier alpha value is -0.550. The van der Waals surface area contributed by atoms with Crippen molar-refractivity contribution in [1.29, 1.82) is 0 Å². The number of rotatable bonds is 2. The Morgan fingerprint density at radius 1 is 1.90 bits per heavy atom. The summed E-state index contributed by atoms with van der Waals surface area (Å²) in [6.07, 6.45) is 1.83. The first-order valence-electron chi connectivity index (χ1n) is 2.47. The van der Waals surface area contributed by atoms with Gasteiger partial charge < -0.3 is 5.11 Å². The van der Waals surface area contributed by atoms with Gasteiger partial charge in [-0.15, -0.1) is 11.8 Å². The van der Waals surface area contributed by atoms with Crippen LogP contribution in [-0.2, 0) is 0 Å². The van der Waals surface area contributed by atoms with Crippen LogP contribution in [0.2, 0.25) is 0 Å². The zero-order valence-corrected chi connectivity index (χ0v) is 6.83. The Bertz CT molecular complexity index is 246. The molecule has 1 heterocycles. The smallest absolute Gasteiger partial charge is 0.356 e. The van der Waals surface area contributed by atoms with Crippen LogP contribution in [0.4, 0.5) is 0 Å². The third-order valence-corrected chi connectivity index (χ3v) is 2.49. The second-order valence-electron chi connectivity index (χ2n) is 1.54. The van der Waals surface area contributed by atoms with Gasteiger partial charge in [0.05, 0.1) is 4.90 Å². The van der Waals surface area contributed by atoms with Gasteiger partial charge in [-0.2, -0.15) is 4.37 Å². The van der Waals surface area contributed by atoms with E-state index < -0.39 is 5.97 Å². The highest BCUT2D eigenvalue weighted by Crippen LogP contribution is 2.20. The van der Waals surface area contributed by atoms with Crippen LogP contribution < -0.4 is 0 Å². The first kappa shape index (κ1) is 7.56. The van der Waals surface area contributed by atoms with Crippen molar-refractivity contribution in [2.24, 2.45) is 0 Å². The van der Waals surface area contributed by atoms with Crippen molar-refractivity contribution in [1.82, 2.24) is 4.37 Å². The normalized spacial score (nSPS) is 9.70. The predicted octanol–water partition coefficient (Wildman–Crippen LogP) is 1.56. The molecule has 1 aromatic rings. The number of aromatic carboxylic acids is 1. The molecule has 0 atom stereocenters. The molecule has 54 valence electrons. The maximum absolute atomic E-state index is 10.4. The molecule has 0 aromatic carbocycles. The number of hydrogen-bond acceptors (Lipinski definition) is 4. The summed E-state index contributed by atoms with van der Waals surface area (Å²) in [4.78, 5) is 11.1. The Labute approximate surface area is 66.2 Å². The summed E-state index contributed by atoms with van der Waals surface area (Å²) in [7, 11) is 0. The average molecular weight is 175 g/mol. The molecular weight excluding hydrogens is 170 g/mol. The lowest BCUT2D eigenvalue weighted by Gasteiger charge is -1.89. The van der Waals surface area contributed by atoms with E-state index in [2.05, 4.69) is 4.37 Å². The van der Waals surface area contributed by atoms with Crippen molar-refractivity contribution in [3.05, 3.63) is 11.1 Å². The number of carboxylic acids is 1. The van der Waals surface area contributed by atoms with Crippen molar-refractivity contribution in [3.8, 4) is 0 Å². The van der Waals surface area contributed by atoms with Gasteiger partial charge in [-0.25, -0.2) is 4.79 Å². The molecule has 0 bridgehead atoms. The van der Waals surface area contributed by atoms with Gasteiger partial charge in [0, 0.05) is 5.38 Å². The fourth-order valence-electron chi connectivity index (χ4n) is 0.517. The van der Waals surface area contributed by atoms with Gasteiger partial charge >= 0.3 is 5.97 Å². The third kappa shape index (κ3) is 1.30. The van der Waals surface area contributed by atoms with E-state index in [1.165, 1.54) is 23.3 Å². The van der Waals surface area contributed by atoms with Crippen molar-refractivity contribution >= 4 is 29.3 Å². The Balaban J connectivity index is 3.01. The standard InChI is InChI=1S/C5H5NO2S2/c1-9-3-2-10-6-4(3)5(7)8/h2H,1H3,(H,7,8). The molecule has 1 aromatic heterocycles. The fraction of sp³-hybridized carbons (Fsp3) is 0.200. The molecule has 0 saturated heterocycles. The van der Waals surface area contributed by atoms with Gasteiger partial charge in [0.15, 0.2) is 5.69 Å². The fourth-order valence-corrected chi connectivity index (χ4v) is 1.96. The lowest BCUT2D eigenvalue weighted by Crippen LogP contribution is -1.96. The van der Waals surface area contributed by atoms with Crippen LogP contribution in [0.25, 0.3) is 0 Å². The summed E-state index contributed by atoms with van der Waals surface area (Å²) in [5.41, 5.74) is 0.164. The highest BCUT2D eigenvalue weighted by molar-refractivity contribution is 7.98. The van der Waals surface area contributed by atoms with Crippen molar-refractivity contribution in [3.63, 3.8) is 0 Å². The highest BCUT2D eigenvalue weighted by Gasteiger charge is 2.11. The Kier molecular flexibility index (Phi) is 2.29. The SMILES string of the molecule is CSc1csnc1C(=O)O. The number of hydrogen-bond donors (Lipinski definition) is 1. The van der Waals surface area contributed by atoms with Crippen LogP contribution in [0.3, 0.4) is 0 Å². The zero-order chi connectivity index (χ0) is 7.56. The summed E-state index contributed by atoms with van der Waals surface area (Å²) in [5.74, 6) is -0.953. The van der Waals surface area contributed by atoms with Crippen molar-refractivity contribution in [2.45, 2.75) is 4.90 Å². The largest absolute Gasteiger partial charge is 0.476 e. The Morgan fingerprint density at radius 2 is 2.60 bits per heavy atom. The minimum absolute atomic E-state index is 0.164. The van der Waals surface area contributed by atoms with Crippen molar-refractivity contribution < 1.29 is 9.90 Å². The monoisotopic (exact) mass is 175 g/mol. The van der Waals surface area contributed by atoms with E-state index >= 15 is 0 Å². The minimum Gasteiger partial charge on any atom is -0.476 e. The average Bonchev–Trinajstić information content (AvgIpc) is 2.33. The van der Waals surface area contributed by atoms with Crippen molar-refractivity contribution in [2.75, 3.05) is 6.26 Å². The molecule has 0 fully saturated rings. The second-order valence-corrected chi connectivity index (χ2v) is 3.01. The van der Waals surface area contributed by atoms with Crippen LogP contribution >= 0.6 is 23.3 Å². The molecule has 1 rings (SSSR count). The number of nitrogens with zero attached hydrogens (tertiary/aromatic N) is 1. The van der Waals surface area contributed by atoms with Gasteiger partial charge in [-0.1, -0.05) is 0 Å². The summed E-state index contributed by atoms with van der Waals surface area (Å²) in [5, 5.41) is 10.2. The lowest BCUT2D eigenvalue weighted by atomic mass is 10.4. The predicted molar refractivity (Wildman–Crippen MR) is 40.9 cm³/mol. The highest BCUT2D eigenvalue weighted by atomic mass is 32.2. The molecule has 0 unspecified atom stereocenters. The molecule has 0 saturated carbocycles. The third-order valence-electron chi connectivity index (χ3n) is 0.960. The molecule has 0 amide bonds. The summed E-state index contributed by atoms with van der Waals surface area (Å²) < 4.78 is 3.71. The quantitative estimate of drug-likeness (QED) is 0.693. The number of aromatic nitrogens is 1. The molecule has 0 aliphatic rings. The minimum atomic E-state index is -0.953. The summed E-state index contributed by atoms with van der Waals surface area (Å²) in [6.45, 7) is 0. The van der Waals surface area contributed by atoms with Crippen LogP contribution in [0, 0.1) is 0 Å². The van der Waals surface area contributed by atoms with Crippen LogP contribution in [0.1, 0.15) is 10.5 Å². The summed E-state index contributed by atoms with van der Waals surface area (Å²) in [6, 6.07) is 0. The number of carbonyl (C=O) groups is 1. The zero-order valence-electron chi connectivity index (χ0n) is 5.20. The second kappa shape index (κ2) is 3.03.